The molecule has 0 saturated carbocycles. The number of nitrogens with one attached hydrogen (secondary N) is 1. The molecule has 1 fully saturated rings. The van der Waals surface area contributed by atoms with Crippen molar-refractivity contribution >= 4 is 6.09 Å². The molecule has 0 aromatic heterocycles. The number of rotatable bonds is 4. The molecule has 0 spiro atoms. The molecule has 140 valence electrons. The average Bonchev–Trinajstić information content (AvgIpc) is 2.52. The summed E-state index contributed by atoms with van der Waals surface area (Å²) in [6, 6.07) is 8.47. The van der Waals surface area contributed by atoms with Crippen LogP contribution < -0.4 is 10.1 Å². The Kier molecular flexibility index (Phi) is 5.99. The molecule has 5 heteroatoms. The molecule has 0 aliphatic carbocycles. The van der Waals surface area contributed by atoms with E-state index in [1.165, 1.54) is 5.56 Å². The van der Waals surface area contributed by atoms with E-state index in [1.807, 2.05) is 37.8 Å². The minimum Gasteiger partial charge on any atom is -0.497 e. The summed E-state index contributed by atoms with van der Waals surface area (Å²) >= 11 is 0. The third kappa shape index (κ3) is 5.63. The van der Waals surface area contributed by atoms with Crippen LogP contribution in [0, 0.1) is 5.41 Å². The number of nitrogens with zero attached hydrogens (tertiary/aromatic N) is 1. The number of amides is 1. The first-order valence-electron chi connectivity index (χ1n) is 8.95. The number of benzene rings is 1. The Labute approximate surface area is 151 Å². The van der Waals surface area contributed by atoms with Gasteiger partial charge in [0.25, 0.3) is 0 Å². The van der Waals surface area contributed by atoms with Crippen molar-refractivity contribution in [2.75, 3.05) is 20.2 Å². The van der Waals surface area contributed by atoms with Crippen LogP contribution >= 0.6 is 0 Å². The zero-order chi connectivity index (χ0) is 18.7. The van der Waals surface area contributed by atoms with Gasteiger partial charge in [0, 0.05) is 25.7 Å². The maximum Gasteiger partial charge on any atom is 0.410 e. The van der Waals surface area contributed by atoms with Gasteiger partial charge in [0.15, 0.2) is 0 Å². The van der Waals surface area contributed by atoms with Gasteiger partial charge in [-0.3, -0.25) is 0 Å². The fourth-order valence-corrected chi connectivity index (χ4v) is 3.20. The minimum atomic E-state index is -0.454. The van der Waals surface area contributed by atoms with Crippen molar-refractivity contribution in [1.29, 1.82) is 0 Å². The second-order valence-electron chi connectivity index (χ2n) is 8.46. The molecule has 1 heterocycles. The molecule has 1 amide bonds. The quantitative estimate of drug-likeness (QED) is 0.899. The number of likely N-dealkylation sites (tertiary alicyclic amines) is 1. The van der Waals surface area contributed by atoms with Crippen LogP contribution in [-0.2, 0) is 11.3 Å². The first kappa shape index (κ1) is 19.6. The number of ether oxygens (including phenoxy) is 2. The summed E-state index contributed by atoms with van der Waals surface area (Å²) in [5.74, 6) is 0.870. The Balaban J connectivity index is 1.90. The van der Waals surface area contributed by atoms with Crippen LogP contribution in [0.5, 0.6) is 5.75 Å². The summed E-state index contributed by atoms with van der Waals surface area (Å²) in [6.07, 6.45) is 0.705. The van der Waals surface area contributed by atoms with Gasteiger partial charge in [-0.05, 0) is 50.3 Å². The van der Waals surface area contributed by atoms with Gasteiger partial charge in [-0.1, -0.05) is 26.0 Å². The maximum absolute atomic E-state index is 12.3. The predicted molar refractivity (Wildman–Crippen MR) is 99.8 cm³/mol. The molecule has 1 aliphatic heterocycles. The van der Waals surface area contributed by atoms with Crippen LogP contribution in [0.2, 0.25) is 0 Å². The minimum absolute atomic E-state index is 0.0123. The molecular weight excluding hydrogens is 316 g/mol. The Morgan fingerprint density at radius 3 is 2.44 bits per heavy atom. The number of piperidine rings is 1. The summed E-state index contributed by atoms with van der Waals surface area (Å²) in [4.78, 5) is 14.1. The van der Waals surface area contributed by atoms with E-state index in [1.54, 1.807) is 7.11 Å². The summed E-state index contributed by atoms with van der Waals surface area (Å²) in [7, 11) is 1.67. The predicted octanol–water partition coefficient (Wildman–Crippen LogP) is 3.82. The number of carbonyl (C=O) groups excluding carboxylic acids is 1. The van der Waals surface area contributed by atoms with Gasteiger partial charge in [-0.2, -0.15) is 0 Å². The van der Waals surface area contributed by atoms with Crippen LogP contribution in [0.4, 0.5) is 4.79 Å². The Bertz CT molecular complexity index is 576. The van der Waals surface area contributed by atoms with Gasteiger partial charge in [0.2, 0.25) is 0 Å². The maximum atomic E-state index is 12.3. The van der Waals surface area contributed by atoms with Crippen molar-refractivity contribution in [2.45, 2.75) is 59.2 Å². The van der Waals surface area contributed by atoms with E-state index in [4.69, 9.17) is 9.47 Å². The van der Waals surface area contributed by atoms with Crippen molar-refractivity contribution in [3.63, 3.8) is 0 Å². The smallest absolute Gasteiger partial charge is 0.410 e. The monoisotopic (exact) mass is 348 g/mol. The summed E-state index contributed by atoms with van der Waals surface area (Å²) in [5.41, 5.74) is 0.762. The fraction of sp³-hybridized carbons (Fsp3) is 0.650. The normalized spacial score (nSPS) is 20.2. The Morgan fingerprint density at radius 2 is 1.92 bits per heavy atom. The second-order valence-corrected chi connectivity index (χ2v) is 8.46. The van der Waals surface area contributed by atoms with E-state index < -0.39 is 5.60 Å². The number of hydrogen-bond acceptors (Lipinski definition) is 4. The first-order chi connectivity index (χ1) is 11.6. The molecule has 1 aromatic carbocycles. The third-order valence-electron chi connectivity index (χ3n) is 4.59. The van der Waals surface area contributed by atoms with Crippen molar-refractivity contribution in [3.05, 3.63) is 29.8 Å². The van der Waals surface area contributed by atoms with E-state index in [0.717, 1.165) is 25.3 Å². The Hall–Kier alpha value is -1.75. The number of methoxy groups -OCH3 is 1. The summed E-state index contributed by atoms with van der Waals surface area (Å²) in [6.45, 7) is 12.3. The van der Waals surface area contributed by atoms with E-state index in [-0.39, 0.29) is 11.5 Å². The van der Waals surface area contributed by atoms with E-state index in [2.05, 4.69) is 31.3 Å². The highest BCUT2D eigenvalue weighted by molar-refractivity contribution is 5.68. The fourth-order valence-electron chi connectivity index (χ4n) is 3.20. The second kappa shape index (κ2) is 7.65. The summed E-state index contributed by atoms with van der Waals surface area (Å²) < 4.78 is 10.7. The lowest BCUT2D eigenvalue weighted by atomic mass is 9.79. The van der Waals surface area contributed by atoms with E-state index in [0.29, 0.717) is 12.6 Å². The molecule has 5 nitrogen and oxygen atoms in total. The van der Waals surface area contributed by atoms with Crippen LogP contribution in [-0.4, -0.2) is 42.8 Å². The molecule has 25 heavy (non-hydrogen) atoms. The molecule has 1 N–H and O–H groups in total. The molecule has 0 bridgehead atoms. The molecule has 1 unspecified atom stereocenters. The number of hydrogen-bond donors (Lipinski definition) is 1. The highest BCUT2D eigenvalue weighted by Crippen LogP contribution is 2.30. The van der Waals surface area contributed by atoms with E-state index >= 15 is 0 Å². The highest BCUT2D eigenvalue weighted by Gasteiger charge is 2.38. The standard InChI is InChI=1S/C20H32N2O3/c1-19(2,3)25-18(23)22-12-11-17(20(4,5)14-22)21-13-15-7-9-16(24-6)10-8-15/h7-10,17,21H,11-14H2,1-6H3. The Morgan fingerprint density at radius 1 is 1.28 bits per heavy atom. The van der Waals surface area contributed by atoms with Crippen molar-refractivity contribution in [1.82, 2.24) is 10.2 Å². The first-order valence-corrected chi connectivity index (χ1v) is 8.95. The molecular formula is C20H32N2O3. The lowest BCUT2D eigenvalue weighted by molar-refractivity contribution is 0.00207. The lowest BCUT2D eigenvalue weighted by Crippen LogP contribution is -2.56. The number of carbonyl (C=O) groups is 1. The van der Waals surface area contributed by atoms with Crippen LogP contribution in [0.15, 0.2) is 24.3 Å². The largest absolute Gasteiger partial charge is 0.497 e. The van der Waals surface area contributed by atoms with Gasteiger partial charge >= 0.3 is 6.09 Å². The van der Waals surface area contributed by atoms with Crippen LogP contribution in [0.3, 0.4) is 0 Å². The van der Waals surface area contributed by atoms with Gasteiger partial charge in [0.1, 0.15) is 11.4 Å². The summed E-state index contributed by atoms with van der Waals surface area (Å²) in [5, 5.41) is 3.65. The molecule has 2 rings (SSSR count). The lowest BCUT2D eigenvalue weighted by Gasteiger charge is -2.44. The third-order valence-corrected chi connectivity index (χ3v) is 4.59. The van der Waals surface area contributed by atoms with Gasteiger partial charge in [-0.15, -0.1) is 0 Å². The molecule has 1 aliphatic rings. The topological polar surface area (TPSA) is 50.8 Å². The van der Waals surface area contributed by atoms with Crippen LogP contribution in [0.25, 0.3) is 0 Å². The van der Waals surface area contributed by atoms with Gasteiger partial charge < -0.3 is 19.7 Å². The van der Waals surface area contributed by atoms with Crippen molar-refractivity contribution in [2.24, 2.45) is 5.41 Å². The molecule has 0 radical (unpaired) electrons. The molecule has 1 saturated heterocycles. The van der Waals surface area contributed by atoms with Crippen molar-refractivity contribution in [3.8, 4) is 5.75 Å². The zero-order valence-electron chi connectivity index (χ0n) is 16.4. The molecule has 1 aromatic rings. The highest BCUT2D eigenvalue weighted by atomic mass is 16.6. The SMILES string of the molecule is COc1ccc(CNC2CCN(C(=O)OC(C)(C)C)CC2(C)C)cc1. The zero-order valence-corrected chi connectivity index (χ0v) is 16.4. The van der Waals surface area contributed by atoms with E-state index in [9.17, 15) is 4.79 Å². The van der Waals surface area contributed by atoms with Gasteiger partial charge in [-0.25, -0.2) is 4.79 Å². The van der Waals surface area contributed by atoms with Crippen molar-refractivity contribution < 1.29 is 14.3 Å². The molecule has 1 atom stereocenters. The average molecular weight is 348 g/mol. The van der Waals surface area contributed by atoms with Crippen LogP contribution in [0.1, 0.15) is 46.6 Å². The van der Waals surface area contributed by atoms with Gasteiger partial charge in [0.05, 0.1) is 7.11 Å².